The van der Waals surface area contributed by atoms with E-state index in [-0.39, 0.29) is 0 Å². The average molecular weight is 363 g/mol. The van der Waals surface area contributed by atoms with Crippen molar-refractivity contribution in [3.8, 4) is 0 Å². The van der Waals surface area contributed by atoms with Crippen LogP contribution in [0.1, 0.15) is 25.3 Å². The van der Waals surface area contributed by atoms with Crippen LogP contribution in [0.4, 0.5) is 17.3 Å². The monoisotopic (exact) mass is 363 g/mol. The Morgan fingerprint density at radius 1 is 0.963 bits per heavy atom. The van der Waals surface area contributed by atoms with Gasteiger partial charge in [0.1, 0.15) is 5.82 Å². The van der Waals surface area contributed by atoms with Gasteiger partial charge >= 0.3 is 0 Å². The van der Waals surface area contributed by atoms with E-state index in [9.17, 15) is 0 Å². The first-order chi connectivity index (χ1) is 13.1. The molecule has 1 aliphatic rings. The lowest BCUT2D eigenvalue weighted by Gasteiger charge is -2.33. The fourth-order valence-electron chi connectivity index (χ4n) is 3.19. The first kappa shape index (κ1) is 17.6. The second kappa shape index (κ2) is 7.44. The van der Waals surface area contributed by atoms with Gasteiger partial charge in [-0.1, -0.05) is 13.8 Å². The van der Waals surface area contributed by atoms with Crippen LogP contribution in [-0.2, 0) is 0 Å². The summed E-state index contributed by atoms with van der Waals surface area (Å²) in [6, 6.07) is 8.05. The van der Waals surface area contributed by atoms with Gasteiger partial charge in [0.2, 0.25) is 0 Å². The highest BCUT2D eigenvalue weighted by atomic mass is 15.2. The predicted octanol–water partition coefficient (Wildman–Crippen LogP) is 3.04. The van der Waals surface area contributed by atoms with Crippen LogP contribution in [0.3, 0.4) is 0 Å². The third-order valence-electron chi connectivity index (χ3n) is 4.99. The number of hydrogen-bond acceptors (Lipinski definition) is 7. The second-order valence-corrected chi connectivity index (χ2v) is 7.37. The van der Waals surface area contributed by atoms with Gasteiger partial charge in [-0.3, -0.25) is 4.98 Å². The number of nitrogens with one attached hydrogen (secondary N) is 1. The molecule has 0 unspecified atom stereocenters. The van der Waals surface area contributed by atoms with Crippen molar-refractivity contribution in [2.24, 2.45) is 0 Å². The minimum absolute atomic E-state index is 0.404. The maximum Gasteiger partial charge on any atom is 0.154 e. The van der Waals surface area contributed by atoms with E-state index < -0.39 is 0 Å². The molecule has 1 aliphatic heterocycles. The topological polar surface area (TPSA) is 70.1 Å². The molecule has 27 heavy (non-hydrogen) atoms. The fraction of sp³-hybridized carbons (Fsp3) is 0.400. The number of pyridine rings is 2. The van der Waals surface area contributed by atoms with E-state index in [1.165, 1.54) is 0 Å². The number of aromatic nitrogens is 4. The summed E-state index contributed by atoms with van der Waals surface area (Å²) in [6.45, 7) is 8.44. The quantitative estimate of drug-likeness (QED) is 0.764. The highest BCUT2D eigenvalue weighted by Gasteiger charge is 2.15. The molecule has 4 heterocycles. The van der Waals surface area contributed by atoms with Crippen molar-refractivity contribution in [3.63, 3.8) is 0 Å². The molecule has 0 amide bonds. The summed E-state index contributed by atoms with van der Waals surface area (Å²) in [4.78, 5) is 14.0. The summed E-state index contributed by atoms with van der Waals surface area (Å²) in [5.41, 5.74) is 4.04. The van der Waals surface area contributed by atoms with Crippen molar-refractivity contribution in [3.05, 3.63) is 42.2 Å². The largest absolute Gasteiger partial charge is 0.368 e. The molecule has 0 aromatic carbocycles. The van der Waals surface area contributed by atoms with Gasteiger partial charge in [0.25, 0.3) is 0 Å². The van der Waals surface area contributed by atoms with Crippen molar-refractivity contribution in [2.45, 2.75) is 19.8 Å². The maximum absolute atomic E-state index is 4.74. The number of rotatable bonds is 4. The Hall–Kier alpha value is -2.80. The molecule has 3 aromatic rings. The summed E-state index contributed by atoms with van der Waals surface area (Å²) in [5, 5.41) is 11.5. The molecule has 4 rings (SSSR count). The van der Waals surface area contributed by atoms with Gasteiger partial charge < -0.3 is 15.1 Å². The molecule has 7 nitrogen and oxygen atoms in total. The summed E-state index contributed by atoms with van der Waals surface area (Å²) >= 11 is 0. The van der Waals surface area contributed by atoms with Crippen LogP contribution in [0.25, 0.3) is 11.0 Å². The normalized spacial score (nSPS) is 15.5. The molecular weight excluding hydrogens is 338 g/mol. The highest BCUT2D eigenvalue weighted by molar-refractivity contribution is 5.80. The molecule has 0 atom stereocenters. The molecular formula is C20H25N7. The first-order valence-electron chi connectivity index (χ1n) is 9.38. The van der Waals surface area contributed by atoms with Crippen molar-refractivity contribution < 1.29 is 0 Å². The van der Waals surface area contributed by atoms with E-state index in [4.69, 9.17) is 4.98 Å². The van der Waals surface area contributed by atoms with Gasteiger partial charge in [-0.2, -0.15) is 5.10 Å². The van der Waals surface area contributed by atoms with Gasteiger partial charge in [-0.25, -0.2) is 4.98 Å². The lowest BCUT2D eigenvalue weighted by molar-refractivity contribution is 0.313. The summed E-state index contributed by atoms with van der Waals surface area (Å²) in [7, 11) is 2.16. The zero-order chi connectivity index (χ0) is 18.8. The lowest BCUT2D eigenvalue weighted by Crippen LogP contribution is -2.44. The van der Waals surface area contributed by atoms with E-state index in [0.717, 1.165) is 54.3 Å². The van der Waals surface area contributed by atoms with E-state index >= 15 is 0 Å². The van der Waals surface area contributed by atoms with E-state index in [1.807, 2.05) is 24.4 Å². The molecule has 140 valence electrons. The molecule has 1 saturated heterocycles. The molecule has 1 fully saturated rings. The summed E-state index contributed by atoms with van der Waals surface area (Å²) in [5.74, 6) is 1.85. The van der Waals surface area contributed by atoms with Gasteiger partial charge in [-0.15, -0.1) is 5.10 Å². The Morgan fingerprint density at radius 2 is 1.78 bits per heavy atom. The Balaban J connectivity index is 1.58. The number of fused-ring (bicyclic) bond motifs is 1. The second-order valence-electron chi connectivity index (χ2n) is 7.37. The zero-order valence-electron chi connectivity index (χ0n) is 16.1. The Kier molecular flexibility index (Phi) is 4.85. The van der Waals surface area contributed by atoms with Crippen LogP contribution in [0.15, 0.2) is 36.7 Å². The maximum atomic E-state index is 4.74. The van der Waals surface area contributed by atoms with Crippen LogP contribution in [0.5, 0.6) is 0 Å². The first-order valence-corrected chi connectivity index (χ1v) is 9.38. The van der Waals surface area contributed by atoms with Crippen molar-refractivity contribution in [1.82, 2.24) is 25.1 Å². The van der Waals surface area contributed by atoms with Crippen LogP contribution in [0.2, 0.25) is 0 Å². The number of piperazine rings is 1. The molecule has 0 bridgehead atoms. The molecule has 0 radical (unpaired) electrons. The third kappa shape index (κ3) is 3.98. The van der Waals surface area contributed by atoms with Gasteiger partial charge in [-0.05, 0) is 42.8 Å². The van der Waals surface area contributed by atoms with Crippen molar-refractivity contribution in [2.75, 3.05) is 43.4 Å². The number of likely N-dealkylation sites (N-methyl/N-ethyl adjacent to an activating group) is 1. The minimum Gasteiger partial charge on any atom is -0.368 e. The summed E-state index contributed by atoms with van der Waals surface area (Å²) < 4.78 is 0. The van der Waals surface area contributed by atoms with Gasteiger partial charge in [0, 0.05) is 26.2 Å². The smallest absolute Gasteiger partial charge is 0.154 e. The molecule has 0 aliphatic carbocycles. The van der Waals surface area contributed by atoms with E-state index in [2.05, 4.69) is 57.3 Å². The highest BCUT2D eigenvalue weighted by Crippen LogP contribution is 2.23. The van der Waals surface area contributed by atoms with Crippen molar-refractivity contribution in [1.29, 1.82) is 0 Å². The SMILES string of the molecule is CC(C)c1cnnc(Nc2ccc3ncc(N4CCN(C)CC4)cc3n2)c1. The number of anilines is 3. The molecule has 7 heteroatoms. The minimum atomic E-state index is 0.404. The van der Waals surface area contributed by atoms with Gasteiger partial charge in [0.05, 0.1) is 29.1 Å². The number of hydrogen-bond donors (Lipinski definition) is 1. The molecule has 1 N–H and O–H groups in total. The molecule has 3 aromatic heterocycles. The summed E-state index contributed by atoms with van der Waals surface area (Å²) in [6.07, 6.45) is 3.75. The molecule has 0 saturated carbocycles. The van der Waals surface area contributed by atoms with Crippen LogP contribution in [0, 0.1) is 0 Å². The zero-order valence-corrected chi connectivity index (χ0v) is 16.1. The standard InChI is InChI=1S/C20H25N7/c1-14(2)15-10-20(25-22-12-15)24-19-5-4-17-18(23-19)11-16(13-21-17)27-8-6-26(3)7-9-27/h4-5,10-14H,6-9H2,1-3H3,(H,23,24,25). The average Bonchev–Trinajstić information content (AvgIpc) is 2.68. The van der Waals surface area contributed by atoms with Crippen LogP contribution < -0.4 is 10.2 Å². The van der Waals surface area contributed by atoms with Crippen LogP contribution >= 0.6 is 0 Å². The fourth-order valence-corrected chi connectivity index (χ4v) is 3.19. The van der Waals surface area contributed by atoms with Crippen molar-refractivity contribution >= 4 is 28.4 Å². The predicted molar refractivity (Wildman–Crippen MR) is 109 cm³/mol. The van der Waals surface area contributed by atoms with E-state index in [0.29, 0.717) is 11.7 Å². The Morgan fingerprint density at radius 3 is 2.56 bits per heavy atom. The Labute approximate surface area is 159 Å². The van der Waals surface area contributed by atoms with Gasteiger partial charge in [0.15, 0.2) is 5.82 Å². The molecule has 0 spiro atoms. The van der Waals surface area contributed by atoms with Crippen LogP contribution in [-0.4, -0.2) is 58.3 Å². The lowest BCUT2D eigenvalue weighted by atomic mass is 10.1. The van der Waals surface area contributed by atoms with E-state index in [1.54, 1.807) is 6.20 Å². The number of nitrogens with zero attached hydrogens (tertiary/aromatic N) is 6. The third-order valence-corrected chi connectivity index (χ3v) is 4.99. The Bertz CT molecular complexity index is 933.